The number of nitrogens with zero attached hydrogens (tertiary/aromatic N) is 5. The molecule has 0 radical (unpaired) electrons. The van der Waals surface area contributed by atoms with Crippen LogP contribution in [0.3, 0.4) is 0 Å². The Bertz CT molecular complexity index is 1100. The average Bonchev–Trinajstić information content (AvgIpc) is 3.45. The second-order valence-electron chi connectivity index (χ2n) is 7.66. The maximum atomic E-state index is 5.90. The van der Waals surface area contributed by atoms with Crippen molar-refractivity contribution in [3.05, 3.63) is 78.4 Å². The van der Waals surface area contributed by atoms with Crippen molar-refractivity contribution in [2.45, 2.75) is 19.3 Å². The van der Waals surface area contributed by atoms with E-state index in [2.05, 4.69) is 28.1 Å². The van der Waals surface area contributed by atoms with Gasteiger partial charge in [-0.05, 0) is 67.9 Å². The van der Waals surface area contributed by atoms with E-state index >= 15 is 0 Å². The van der Waals surface area contributed by atoms with E-state index in [1.54, 1.807) is 12.4 Å². The van der Waals surface area contributed by atoms with Crippen LogP contribution < -0.4 is 4.74 Å². The zero-order chi connectivity index (χ0) is 20.2. The molecule has 30 heavy (non-hydrogen) atoms. The molecule has 1 aliphatic rings. The van der Waals surface area contributed by atoms with Gasteiger partial charge >= 0.3 is 0 Å². The van der Waals surface area contributed by atoms with Crippen molar-refractivity contribution in [1.82, 2.24) is 24.5 Å². The lowest BCUT2D eigenvalue weighted by Gasteiger charge is -2.14. The van der Waals surface area contributed by atoms with Crippen molar-refractivity contribution in [1.29, 1.82) is 0 Å². The smallest absolute Gasteiger partial charge is 0.156 e. The lowest BCUT2D eigenvalue weighted by Crippen LogP contribution is -2.25. The van der Waals surface area contributed by atoms with E-state index in [1.165, 1.54) is 31.5 Å². The summed E-state index contributed by atoms with van der Waals surface area (Å²) in [5, 5.41) is 4.75. The molecular formula is C24H25N5O. The quantitative estimate of drug-likeness (QED) is 0.472. The Hall–Kier alpha value is -3.25. The molecule has 152 valence electrons. The fourth-order valence-corrected chi connectivity index (χ4v) is 3.95. The van der Waals surface area contributed by atoms with Crippen molar-refractivity contribution >= 4 is 5.65 Å². The molecule has 6 nitrogen and oxygen atoms in total. The molecule has 3 aromatic heterocycles. The highest BCUT2D eigenvalue weighted by atomic mass is 16.5. The van der Waals surface area contributed by atoms with Crippen LogP contribution in [-0.2, 0) is 6.42 Å². The molecule has 4 heterocycles. The van der Waals surface area contributed by atoms with Gasteiger partial charge in [0.2, 0.25) is 0 Å². The Labute approximate surface area is 176 Å². The fraction of sp³-hybridized carbons (Fsp3) is 0.292. The van der Waals surface area contributed by atoms with Crippen LogP contribution in [0.2, 0.25) is 0 Å². The Morgan fingerprint density at radius 1 is 0.900 bits per heavy atom. The number of hydrogen-bond donors (Lipinski definition) is 0. The molecule has 5 rings (SSSR count). The first-order chi connectivity index (χ1) is 14.8. The zero-order valence-corrected chi connectivity index (χ0v) is 16.9. The predicted octanol–water partition coefficient (Wildman–Crippen LogP) is 3.86. The van der Waals surface area contributed by atoms with E-state index in [1.807, 2.05) is 40.9 Å². The monoisotopic (exact) mass is 399 g/mol. The first-order valence-electron chi connectivity index (χ1n) is 10.5. The number of aromatic nitrogens is 4. The lowest BCUT2D eigenvalue weighted by molar-refractivity contribution is 0.238. The molecule has 1 aromatic carbocycles. The van der Waals surface area contributed by atoms with Crippen LogP contribution in [-0.4, -0.2) is 50.7 Å². The van der Waals surface area contributed by atoms with E-state index in [0.29, 0.717) is 6.42 Å². The van der Waals surface area contributed by atoms with Gasteiger partial charge in [0, 0.05) is 30.9 Å². The van der Waals surface area contributed by atoms with Crippen LogP contribution in [0.1, 0.15) is 24.2 Å². The summed E-state index contributed by atoms with van der Waals surface area (Å²) in [6.07, 6.45) is 6.90. The Morgan fingerprint density at radius 3 is 2.50 bits per heavy atom. The topological polar surface area (TPSA) is 55.6 Å². The number of rotatable bonds is 7. The van der Waals surface area contributed by atoms with Gasteiger partial charge in [-0.1, -0.05) is 18.2 Å². The van der Waals surface area contributed by atoms with Crippen molar-refractivity contribution in [2.75, 3.05) is 26.2 Å². The molecule has 0 amide bonds. The van der Waals surface area contributed by atoms with E-state index < -0.39 is 0 Å². The normalized spacial score (nSPS) is 14.4. The van der Waals surface area contributed by atoms with Gasteiger partial charge in [-0.25, -0.2) is 9.50 Å². The molecule has 0 saturated carbocycles. The molecule has 4 aromatic rings. The summed E-state index contributed by atoms with van der Waals surface area (Å²) in [6.45, 7) is 4.16. The SMILES string of the molecule is c1cc(-c2ccncc2)n2nc(Cc3ccc(OCCN4CCCC4)cc3)nc2c1. The van der Waals surface area contributed by atoms with Crippen LogP contribution in [0, 0.1) is 0 Å². The predicted molar refractivity (Wildman–Crippen MR) is 117 cm³/mol. The second kappa shape index (κ2) is 8.63. The standard InChI is InChI=1S/C24H25N5O/c1-2-15-28(14-1)16-17-30-21-8-6-19(7-9-21)18-23-26-24-5-3-4-22(29(24)27-23)20-10-12-25-13-11-20/h3-13H,1-2,14-18H2. The number of benzene rings is 1. The maximum Gasteiger partial charge on any atom is 0.156 e. The number of hydrogen-bond acceptors (Lipinski definition) is 5. The van der Waals surface area contributed by atoms with Crippen LogP contribution in [0.4, 0.5) is 0 Å². The van der Waals surface area contributed by atoms with Gasteiger partial charge in [-0.2, -0.15) is 5.10 Å². The lowest BCUT2D eigenvalue weighted by atomic mass is 10.1. The minimum Gasteiger partial charge on any atom is -0.492 e. The number of ether oxygens (including phenoxy) is 1. The summed E-state index contributed by atoms with van der Waals surface area (Å²) in [7, 11) is 0. The number of pyridine rings is 2. The summed E-state index contributed by atoms with van der Waals surface area (Å²) < 4.78 is 7.81. The Morgan fingerprint density at radius 2 is 1.70 bits per heavy atom. The highest BCUT2D eigenvalue weighted by Crippen LogP contribution is 2.20. The van der Waals surface area contributed by atoms with Gasteiger partial charge < -0.3 is 4.74 Å². The molecule has 0 unspecified atom stereocenters. The third-order valence-electron chi connectivity index (χ3n) is 5.54. The Balaban J connectivity index is 1.26. The molecule has 1 saturated heterocycles. The minimum absolute atomic E-state index is 0.686. The molecule has 1 fully saturated rings. The number of fused-ring (bicyclic) bond motifs is 1. The average molecular weight is 399 g/mol. The van der Waals surface area contributed by atoms with E-state index in [9.17, 15) is 0 Å². The van der Waals surface area contributed by atoms with Crippen molar-refractivity contribution in [3.8, 4) is 17.0 Å². The molecule has 1 aliphatic heterocycles. The number of likely N-dealkylation sites (tertiary alicyclic amines) is 1. The van der Waals surface area contributed by atoms with E-state index in [4.69, 9.17) is 14.8 Å². The maximum absolute atomic E-state index is 5.90. The fourth-order valence-electron chi connectivity index (χ4n) is 3.95. The summed E-state index contributed by atoms with van der Waals surface area (Å²) in [5.74, 6) is 1.72. The molecular weight excluding hydrogens is 374 g/mol. The first kappa shape index (κ1) is 18.8. The largest absolute Gasteiger partial charge is 0.492 e. The third kappa shape index (κ3) is 4.19. The first-order valence-corrected chi connectivity index (χ1v) is 10.5. The van der Waals surface area contributed by atoms with Gasteiger partial charge in [0.05, 0.1) is 5.69 Å². The van der Waals surface area contributed by atoms with Crippen LogP contribution in [0.5, 0.6) is 5.75 Å². The highest BCUT2D eigenvalue weighted by Gasteiger charge is 2.11. The van der Waals surface area contributed by atoms with Gasteiger partial charge in [0.15, 0.2) is 11.5 Å². The van der Waals surface area contributed by atoms with Crippen molar-refractivity contribution in [2.24, 2.45) is 0 Å². The van der Waals surface area contributed by atoms with Crippen molar-refractivity contribution in [3.63, 3.8) is 0 Å². The summed E-state index contributed by atoms with van der Waals surface area (Å²) in [4.78, 5) is 11.3. The molecule has 0 spiro atoms. The molecule has 6 heteroatoms. The third-order valence-corrected chi connectivity index (χ3v) is 5.54. The minimum atomic E-state index is 0.686. The summed E-state index contributed by atoms with van der Waals surface area (Å²) in [6, 6.07) is 18.3. The van der Waals surface area contributed by atoms with Crippen molar-refractivity contribution < 1.29 is 4.74 Å². The second-order valence-corrected chi connectivity index (χ2v) is 7.66. The Kier molecular flexibility index (Phi) is 5.40. The van der Waals surface area contributed by atoms with Gasteiger partial charge in [0.25, 0.3) is 0 Å². The van der Waals surface area contributed by atoms with Crippen LogP contribution >= 0.6 is 0 Å². The van der Waals surface area contributed by atoms with Gasteiger partial charge in [-0.3, -0.25) is 9.88 Å². The summed E-state index contributed by atoms with van der Waals surface area (Å²) >= 11 is 0. The van der Waals surface area contributed by atoms with E-state index in [0.717, 1.165) is 41.6 Å². The van der Waals surface area contributed by atoms with Gasteiger partial charge in [0.1, 0.15) is 12.4 Å². The van der Waals surface area contributed by atoms with Crippen LogP contribution in [0.15, 0.2) is 67.0 Å². The van der Waals surface area contributed by atoms with Gasteiger partial charge in [-0.15, -0.1) is 0 Å². The molecule has 0 aliphatic carbocycles. The zero-order valence-electron chi connectivity index (χ0n) is 16.9. The van der Waals surface area contributed by atoms with Crippen LogP contribution in [0.25, 0.3) is 16.9 Å². The molecule has 0 bridgehead atoms. The highest BCUT2D eigenvalue weighted by molar-refractivity contribution is 5.62. The molecule has 0 atom stereocenters. The molecule has 0 N–H and O–H groups in total. The van der Waals surface area contributed by atoms with E-state index in [-0.39, 0.29) is 0 Å². The summed E-state index contributed by atoms with van der Waals surface area (Å²) in [5.41, 5.74) is 4.10.